The second kappa shape index (κ2) is 3.98. The highest BCUT2D eigenvalue weighted by atomic mass is 19.1. The SMILES string of the molecule is COC1CN(c2c(F)cccc2C=O)C1. The van der Waals surface area contributed by atoms with E-state index in [-0.39, 0.29) is 11.9 Å². The zero-order valence-corrected chi connectivity index (χ0v) is 8.44. The molecule has 3 nitrogen and oxygen atoms in total. The molecule has 0 spiro atoms. The minimum absolute atomic E-state index is 0.143. The minimum Gasteiger partial charge on any atom is -0.378 e. The minimum atomic E-state index is -0.353. The molecule has 0 radical (unpaired) electrons. The summed E-state index contributed by atoms with van der Waals surface area (Å²) in [5.74, 6) is -0.353. The smallest absolute Gasteiger partial charge is 0.152 e. The van der Waals surface area contributed by atoms with Crippen molar-refractivity contribution in [2.45, 2.75) is 6.10 Å². The lowest BCUT2D eigenvalue weighted by atomic mass is 10.1. The van der Waals surface area contributed by atoms with Crippen LogP contribution in [0.2, 0.25) is 0 Å². The quantitative estimate of drug-likeness (QED) is 0.706. The molecule has 4 heteroatoms. The summed E-state index contributed by atoms with van der Waals surface area (Å²) in [4.78, 5) is 12.6. The number of carbonyl (C=O) groups is 1. The summed E-state index contributed by atoms with van der Waals surface area (Å²) in [5.41, 5.74) is 0.783. The van der Waals surface area contributed by atoms with E-state index in [1.165, 1.54) is 12.1 Å². The van der Waals surface area contributed by atoms with Crippen molar-refractivity contribution in [3.8, 4) is 0 Å². The van der Waals surface area contributed by atoms with Gasteiger partial charge in [-0.3, -0.25) is 4.79 Å². The molecular formula is C11H12FNO2. The van der Waals surface area contributed by atoms with Crippen LogP contribution in [0.5, 0.6) is 0 Å². The maximum atomic E-state index is 13.5. The van der Waals surface area contributed by atoms with Crippen LogP contribution in [-0.4, -0.2) is 32.6 Å². The molecule has 0 aliphatic carbocycles. The number of methoxy groups -OCH3 is 1. The van der Waals surface area contributed by atoms with Crippen LogP contribution in [0.1, 0.15) is 10.4 Å². The Balaban J connectivity index is 2.24. The maximum Gasteiger partial charge on any atom is 0.152 e. The van der Waals surface area contributed by atoms with Gasteiger partial charge in [0.15, 0.2) is 6.29 Å². The fourth-order valence-corrected chi connectivity index (χ4v) is 1.73. The molecule has 0 aromatic heterocycles. The molecule has 80 valence electrons. The fourth-order valence-electron chi connectivity index (χ4n) is 1.73. The van der Waals surface area contributed by atoms with Crippen molar-refractivity contribution in [2.24, 2.45) is 0 Å². The fraction of sp³-hybridized carbons (Fsp3) is 0.364. The Hall–Kier alpha value is -1.42. The Bertz CT molecular complexity index is 375. The van der Waals surface area contributed by atoms with Crippen LogP contribution in [0.3, 0.4) is 0 Å². The Morgan fingerprint density at radius 2 is 2.27 bits per heavy atom. The van der Waals surface area contributed by atoms with Crippen LogP contribution < -0.4 is 4.90 Å². The van der Waals surface area contributed by atoms with Crippen molar-refractivity contribution < 1.29 is 13.9 Å². The maximum absolute atomic E-state index is 13.5. The van der Waals surface area contributed by atoms with E-state index in [0.29, 0.717) is 30.6 Å². The highest BCUT2D eigenvalue weighted by molar-refractivity contribution is 5.85. The Morgan fingerprint density at radius 3 is 2.87 bits per heavy atom. The largest absolute Gasteiger partial charge is 0.378 e. The van der Waals surface area contributed by atoms with E-state index in [1.807, 2.05) is 4.90 Å². The summed E-state index contributed by atoms with van der Waals surface area (Å²) >= 11 is 0. The van der Waals surface area contributed by atoms with E-state index in [9.17, 15) is 9.18 Å². The topological polar surface area (TPSA) is 29.5 Å². The molecule has 1 aromatic carbocycles. The van der Waals surface area contributed by atoms with Gasteiger partial charge < -0.3 is 9.64 Å². The summed E-state index contributed by atoms with van der Waals surface area (Å²) < 4.78 is 18.6. The zero-order chi connectivity index (χ0) is 10.8. The summed E-state index contributed by atoms with van der Waals surface area (Å²) in [7, 11) is 1.63. The first-order chi connectivity index (χ1) is 7.26. The van der Waals surface area contributed by atoms with Crippen LogP contribution in [0.25, 0.3) is 0 Å². The van der Waals surface area contributed by atoms with Crippen LogP contribution in [0.15, 0.2) is 18.2 Å². The Morgan fingerprint density at radius 1 is 1.53 bits per heavy atom. The van der Waals surface area contributed by atoms with Crippen molar-refractivity contribution in [3.63, 3.8) is 0 Å². The molecule has 1 fully saturated rings. The predicted octanol–water partition coefficient (Wildman–Crippen LogP) is 1.47. The van der Waals surface area contributed by atoms with Crippen molar-refractivity contribution in [1.82, 2.24) is 0 Å². The lowest BCUT2D eigenvalue weighted by molar-refractivity contribution is 0.0782. The molecule has 1 heterocycles. The molecule has 0 saturated carbocycles. The third-order valence-electron chi connectivity index (χ3n) is 2.64. The molecule has 2 rings (SSSR count). The normalized spacial score (nSPS) is 16.3. The first-order valence-corrected chi connectivity index (χ1v) is 4.77. The number of halogens is 1. The van der Waals surface area contributed by atoms with E-state index >= 15 is 0 Å². The van der Waals surface area contributed by atoms with Gasteiger partial charge in [0.2, 0.25) is 0 Å². The van der Waals surface area contributed by atoms with Crippen LogP contribution >= 0.6 is 0 Å². The first-order valence-electron chi connectivity index (χ1n) is 4.77. The van der Waals surface area contributed by atoms with E-state index < -0.39 is 0 Å². The summed E-state index contributed by atoms with van der Waals surface area (Å²) in [5, 5.41) is 0. The van der Waals surface area contributed by atoms with Gasteiger partial charge >= 0.3 is 0 Å². The Labute approximate surface area is 87.5 Å². The van der Waals surface area contributed by atoms with Gasteiger partial charge in [0.1, 0.15) is 5.82 Å². The van der Waals surface area contributed by atoms with E-state index in [4.69, 9.17) is 4.74 Å². The van der Waals surface area contributed by atoms with Gasteiger partial charge in [0.25, 0.3) is 0 Å². The summed E-state index contributed by atoms with van der Waals surface area (Å²) in [6.07, 6.45) is 0.822. The number of para-hydroxylation sites is 1. The van der Waals surface area contributed by atoms with Crippen molar-refractivity contribution in [3.05, 3.63) is 29.6 Å². The second-order valence-electron chi connectivity index (χ2n) is 3.56. The van der Waals surface area contributed by atoms with Gasteiger partial charge in [-0.2, -0.15) is 0 Å². The molecule has 1 aliphatic rings. The molecule has 0 bridgehead atoms. The number of hydrogen-bond acceptors (Lipinski definition) is 3. The molecular weight excluding hydrogens is 197 g/mol. The van der Waals surface area contributed by atoms with Crippen molar-refractivity contribution >= 4 is 12.0 Å². The van der Waals surface area contributed by atoms with Gasteiger partial charge in [-0.25, -0.2) is 4.39 Å². The van der Waals surface area contributed by atoms with Gasteiger partial charge in [-0.1, -0.05) is 6.07 Å². The van der Waals surface area contributed by atoms with Gasteiger partial charge in [-0.15, -0.1) is 0 Å². The van der Waals surface area contributed by atoms with Gasteiger partial charge in [0, 0.05) is 25.8 Å². The first kappa shape index (κ1) is 10.1. The monoisotopic (exact) mass is 209 g/mol. The van der Waals surface area contributed by atoms with Gasteiger partial charge in [-0.05, 0) is 12.1 Å². The van der Waals surface area contributed by atoms with Crippen LogP contribution in [-0.2, 0) is 4.74 Å². The number of aldehydes is 1. The van der Waals surface area contributed by atoms with Crippen molar-refractivity contribution in [1.29, 1.82) is 0 Å². The van der Waals surface area contributed by atoms with E-state index in [0.717, 1.165) is 0 Å². The van der Waals surface area contributed by atoms with Crippen molar-refractivity contribution in [2.75, 3.05) is 25.1 Å². The number of rotatable bonds is 3. The highest BCUT2D eigenvalue weighted by Gasteiger charge is 2.29. The number of anilines is 1. The molecule has 1 saturated heterocycles. The number of benzene rings is 1. The average molecular weight is 209 g/mol. The third kappa shape index (κ3) is 1.72. The molecule has 0 amide bonds. The number of ether oxygens (including phenoxy) is 1. The Kier molecular flexibility index (Phi) is 2.68. The van der Waals surface area contributed by atoms with Gasteiger partial charge in [0.05, 0.1) is 11.8 Å². The van der Waals surface area contributed by atoms with E-state index in [2.05, 4.69) is 0 Å². The third-order valence-corrected chi connectivity index (χ3v) is 2.64. The molecule has 0 atom stereocenters. The average Bonchev–Trinajstić information content (AvgIpc) is 2.18. The number of hydrogen-bond donors (Lipinski definition) is 0. The number of carbonyl (C=O) groups excluding carboxylic acids is 1. The molecule has 15 heavy (non-hydrogen) atoms. The summed E-state index contributed by atoms with van der Waals surface area (Å²) in [6.45, 7) is 1.27. The number of nitrogens with zero attached hydrogens (tertiary/aromatic N) is 1. The van der Waals surface area contributed by atoms with E-state index in [1.54, 1.807) is 13.2 Å². The predicted molar refractivity (Wildman–Crippen MR) is 54.8 cm³/mol. The molecule has 1 aliphatic heterocycles. The standard InChI is InChI=1S/C11H12FNO2/c1-15-9-5-13(6-9)11-8(7-14)3-2-4-10(11)12/h2-4,7,9H,5-6H2,1H3. The lowest BCUT2D eigenvalue weighted by Gasteiger charge is -2.40. The molecule has 0 unspecified atom stereocenters. The zero-order valence-electron chi connectivity index (χ0n) is 8.44. The summed E-state index contributed by atoms with van der Waals surface area (Å²) in [6, 6.07) is 4.52. The molecule has 1 aromatic rings. The highest BCUT2D eigenvalue weighted by Crippen LogP contribution is 2.28. The lowest BCUT2D eigenvalue weighted by Crippen LogP contribution is -2.52. The second-order valence-corrected chi connectivity index (χ2v) is 3.56. The van der Waals surface area contributed by atoms with Crippen LogP contribution in [0.4, 0.5) is 10.1 Å². The van der Waals surface area contributed by atoms with Crippen LogP contribution in [0, 0.1) is 5.82 Å². The molecule has 0 N–H and O–H groups in total.